The van der Waals surface area contributed by atoms with Crippen LogP contribution < -0.4 is 0 Å². The van der Waals surface area contributed by atoms with Gasteiger partial charge in [0.25, 0.3) is 0 Å². The van der Waals surface area contributed by atoms with Gasteiger partial charge in [-0.15, -0.1) is 0 Å². The molecule has 0 aromatic heterocycles. The molecular weight excluding hydrogens is 921 g/mol. The molecule has 0 fully saturated rings. The molecule has 0 radical (unpaired) electrons. The van der Waals surface area contributed by atoms with Gasteiger partial charge in [0, 0.05) is 0 Å². The third-order valence-electron chi connectivity index (χ3n) is 13.9. The van der Waals surface area contributed by atoms with Gasteiger partial charge in [-0.2, -0.15) is 0 Å². The van der Waals surface area contributed by atoms with Crippen molar-refractivity contribution in [2.75, 3.05) is 0 Å². The first-order valence-corrected chi connectivity index (χ1v) is 30.8. The molecule has 0 atom stereocenters. The summed E-state index contributed by atoms with van der Waals surface area (Å²) in [5.41, 5.74) is 3.99. The molecule has 0 aliphatic heterocycles. The standard InChI is InChI=1S/2C30H48O3S.Ca/c2*1-3-5-7-9-11-13-15-17-19-26-21-22-27-25-30(34(31,32)33)28(24-29(27)23-26)20-18-16-14-12-10-8-6-4-2;/h2*21-25H,3-20H2,1-2H3,(H,31,32,33);/q;;+2/p-2. The number of hydrogen-bond donors (Lipinski definition) is 0. The van der Waals surface area contributed by atoms with Crippen molar-refractivity contribution in [2.45, 2.75) is 269 Å². The Balaban J connectivity index is 0.000000467. The fourth-order valence-electron chi connectivity index (χ4n) is 9.74. The zero-order chi connectivity index (χ0) is 49.3. The Morgan fingerprint density at radius 1 is 0.304 bits per heavy atom. The fourth-order valence-corrected chi connectivity index (χ4v) is 11.2. The molecular formula is C60H94CaO6S2. The largest absolute Gasteiger partial charge is 2.00 e. The molecule has 4 rings (SSSR count). The third kappa shape index (κ3) is 27.4. The molecule has 69 heavy (non-hydrogen) atoms. The molecule has 0 N–H and O–H groups in total. The molecule has 0 bridgehead atoms. The molecule has 0 aliphatic carbocycles. The zero-order valence-corrected chi connectivity index (χ0v) is 48.0. The quantitative estimate of drug-likeness (QED) is 0.0251. The van der Waals surface area contributed by atoms with Gasteiger partial charge in [-0.1, -0.05) is 244 Å². The van der Waals surface area contributed by atoms with Crippen LogP contribution in [0.2, 0.25) is 0 Å². The Morgan fingerprint density at radius 2 is 0.551 bits per heavy atom. The molecule has 0 spiro atoms. The van der Waals surface area contributed by atoms with Crippen LogP contribution in [0.25, 0.3) is 21.5 Å². The van der Waals surface area contributed by atoms with Gasteiger partial charge >= 0.3 is 37.7 Å². The van der Waals surface area contributed by atoms with Crippen LogP contribution in [-0.2, 0) is 45.9 Å². The second-order valence-corrected chi connectivity index (χ2v) is 22.8. The van der Waals surface area contributed by atoms with Gasteiger partial charge in [0.05, 0.1) is 9.79 Å². The molecule has 4 aromatic rings. The average Bonchev–Trinajstić information content (AvgIpc) is 3.31. The Bertz CT molecular complexity index is 2030. The van der Waals surface area contributed by atoms with E-state index in [1.807, 2.05) is 24.3 Å². The van der Waals surface area contributed by atoms with E-state index in [1.54, 1.807) is 12.1 Å². The normalized spacial score (nSPS) is 11.8. The van der Waals surface area contributed by atoms with Gasteiger partial charge in [-0.25, -0.2) is 16.8 Å². The molecule has 0 saturated carbocycles. The van der Waals surface area contributed by atoms with E-state index in [0.29, 0.717) is 24.0 Å². The number of hydrogen-bond acceptors (Lipinski definition) is 6. The van der Waals surface area contributed by atoms with Gasteiger partial charge in [-0.3, -0.25) is 0 Å². The maximum Gasteiger partial charge on any atom is 2.00 e. The van der Waals surface area contributed by atoms with Gasteiger partial charge in [0.15, 0.2) is 0 Å². The van der Waals surface area contributed by atoms with Crippen molar-refractivity contribution in [1.82, 2.24) is 0 Å². The van der Waals surface area contributed by atoms with Crippen LogP contribution in [0.15, 0.2) is 70.5 Å². The zero-order valence-electron chi connectivity index (χ0n) is 44.2. The first kappa shape index (κ1) is 63.6. The van der Waals surface area contributed by atoms with E-state index < -0.39 is 20.2 Å². The molecule has 0 unspecified atom stereocenters. The molecule has 0 amide bonds. The molecule has 0 aliphatic rings. The smallest absolute Gasteiger partial charge is 0.744 e. The summed E-state index contributed by atoms with van der Waals surface area (Å²) < 4.78 is 71.6. The minimum absolute atomic E-state index is 0. The van der Waals surface area contributed by atoms with Crippen molar-refractivity contribution < 1.29 is 25.9 Å². The van der Waals surface area contributed by atoms with Crippen molar-refractivity contribution >= 4 is 79.5 Å². The van der Waals surface area contributed by atoms with Crippen LogP contribution in [0, 0.1) is 0 Å². The summed E-state index contributed by atoms with van der Waals surface area (Å²) in [5, 5.41) is 3.79. The summed E-state index contributed by atoms with van der Waals surface area (Å²) in [6.45, 7) is 8.96. The number of benzene rings is 4. The predicted octanol–water partition coefficient (Wildman–Crippen LogP) is 17.8. The summed E-state index contributed by atoms with van der Waals surface area (Å²) in [4.78, 5) is -0.0578. The van der Waals surface area contributed by atoms with Crippen molar-refractivity contribution in [3.63, 3.8) is 0 Å². The average molecular weight is 1020 g/mol. The van der Waals surface area contributed by atoms with E-state index >= 15 is 0 Å². The monoisotopic (exact) mass is 1010 g/mol. The number of fused-ring (bicyclic) bond motifs is 2. The number of aryl methyl sites for hydroxylation is 4. The Hall–Kier alpha value is -1.52. The molecule has 384 valence electrons. The third-order valence-corrected chi connectivity index (χ3v) is 15.8. The summed E-state index contributed by atoms with van der Waals surface area (Å²) >= 11 is 0. The van der Waals surface area contributed by atoms with E-state index in [-0.39, 0.29) is 47.5 Å². The summed E-state index contributed by atoms with van der Waals surface area (Å²) in [7, 11) is -8.94. The summed E-state index contributed by atoms with van der Waals surface area (Å²) in [5.74, 6) is 0. The van der Waals surface area contributed by atoms with Gasteiger partial charge < -0.3 is 9.11 Å². The van der Waals surface area contributed by atoms with Crippen molar-refractivity contribution in [1.29, 1.82) is 0 Å². The second kappa shape index (κ2) is 38.1. The van der Waals surface area contributed by atoms with Crippen LogP contribution in [-0.4, -0.2) is 63.7 Å². The van der Waals surface area contributed by atoms with Crippen LogP contribution in [0.4, 0.5) is 0 Å². The topological polar surface area (TPSA) is 114 Å². The van der Waals surface area contributed by atoms with Gasteiger partial charge in [-0.05, 0) is 119 Å². The minimum Gasteiger partial charge on any atom is -0.744 e. The number of unbranched alkanes of at least 4 members (excludes halogenated alkanes) is 28. The van der Waals surface area contributed by atoms with E-state index in [0.717, 1.165) is 60.1 Å². The maximum absolute atomic E-state index is 11.9. The molecule has 0 heterocycles. The van der Waals surface area contributed by atoms with E-state index in [9.17, 15) is 25.9 Å². The second-order valence-electron chi connectivity index (χ2n) is 20.1. The SMILES string of the molecule is CCCCCCCCCCc1ccc2cc(S(=O)(=O)[O-])c(CCCCCCCCCC)cc2c1.CCCCCCCCCCc1ccc2cc(S(=O)(=O)[O-])c(CCCCCCCCCC)cc2c1.[Ca+2]. The summed E-state index contributed by atoms with van der Waals surface area (Å²) in [6.07, 6.45) is 43.6. The van der Waals surface area contributed by atoms with Crippen LogP contribution in [0.3, 0.4) is 0 Å². The molecule has 9 heteroatoms. The van der Waals surface area contributed by atoms with Gasteiger partial charge in [0.2, 0.25) is 0 Å². The molecule has 0 saturated heterocycles. The molecule has 6 nitrogen and oxygen atoms in total. The van der Waals surface area contributed by atoms with E-state index in [2.05, 4.69) is 52.0 Å². The first-order valence-electron chi connectivity index (χ1n) is 27.9. The predicted molar refractivity (Wildman–Crippen MR) is 295 cm³/mol. The van der Waals surface area contributed by atoms with E-state index in [1.165, 1.54) is 191 Å². The summed E-state index contributed by atoms with van der Waals surface area (Å²) in [6, 6.07) is 19.6. The minimum atomic E-state index is -4.47. The fraction of sp³-hybridized carbons (Fsp3) is 0.667. The Labute approximate surface area is 453 Å². The van der Waals surface area contributed by atoms with Crippen LogP contribution >= 0.6 is 0 Å². The Morgan fingerprint density at radius 3 is 0.812 bits per heavy atom. The van der Waals surface area contributed by atoms with Crippen molar-refractivity contribution in [2.24, 2.45) is 0 Å². The molecule has 4 aromatic carbocycles. The maximum atomic E-state index is 11.9. The van der Waals surface area contributed by atoms with Crippen molar-refractivity contribution in [3.8, 4) is 0 Å². The Kier molecular flexibility index (Phi) is 35.1. The van der Waals surface area contributed by atoms with Gasteiger partial charge in [0.1, 0.15) is 20.2 Å². The number of rotatable bonds is 38. The van der Waals surface area contributed by atoms with Crippen LogP contribution in [0.1, 0.15) is 255 Å². The van der Waals surface area contributed by atoms with E-state index in [4.69, 9.17) is 0 Å². The van der Waals surface area contributed by atoms with Crippen LogP contribution in [0.5, 0.6) is 0 Å². The first-order chi connectivity index (χ1) is 32.9. The van der Waals surface area contributed by atoms with Crippen molar-refractivity contribution in [3.05, 3.63) is 82.9 Å².